The molecular formula is C7H12F3NO. The predicted octanol–water partition coefficient (Wildman–Crippen LogP) is 1.86. The van der Waals surface area contributed by atoms with Crippen LogP contribution in [0.25, 0.3) is 0 Å². The molecule has 72 valence electrons. The first-order valence-electron chi connectivity index (χ1n) is 3.79. The topological polar surface area (TPSA) is 29.1 Å². The lowest BCUT2D eigenvalue weighted by molar-refractivity contribution is -0.138. The third kappa shape index (κ3) is 7.37. The average molecular weight is 183 g/mol. The molecule has 0 aromatic rings. The molecule has 12 heavy (non-hydrogen) atoms. The lowest BCUT2D eigenvalue weighted by Crippen LogP contribution is -2.33. The van der Waals surface area contributed by atoms with Gasteiger partial charge in [0.05, 0.1) is 0 Å². The van der Waals surface area contributed by atoms with E-state index in [4.69, 9.17) is 0 Å². The fourth-order valence-electron chi connectivity index (χ4n) is 0.625. The number of hydrogen-bond acceptors (Lipinski definition) is 1. The Morgan fingerprint density at radius 3 is 2.42 bits per heavy atom. The van der Waals surface area contributed by atoms with Crippen LogP contribution in [0, 0.1) is 0 Å². The Morgan fingerprint density at radius 2 is 2.00 bits per heavy atom. The number of carbonyl (C=O) groups excluding carboxylic acids is 1. The molecule has 5 heteroatoms. The van der Waals surface area contributed by atoms with Crippen LogP contribution in [-0.2, 0) is 4.79 Å². The normalized spacial score (nSPS) is 11.3. The Labute approximate surface area is 69.1 Å². The van der Waals surface area contributed by atoms with Crippen LogP contribution in [0.1, 0.15) is 26.2 Å². The molecule has 0 saturated heterocycles. The van der Waals surface area contributed by atoms with Crippen LogP contribution < -0.4 is 5.32 Å². The maximum Gasteiger partial charge on any atom is 0.405 e. The lowest BCUT2D eigenvalue weighted by atomic mass is 10.2. The highest BCUT2D eigenvalue weighted by molar-refractivity contribution is 5.75. The number of rotatable bonds is 4. The summed E-state index contributed by atoms with van der Waals surface area (Å²) in [5.74, 6) is -0.533. The minimum absolute atomic E-state index is 0.173. The summed E-state index contributed by atoms with van der Waals surface area (Å²) < 4.78 is 34.6. The Balaban J connectivity index is 3.44. The molecule has 1 amide bonds. The summed E-state index contributed by atoms with van der Waals surface area (Å²) in [4.78, 5) is 10.6. The molecule has 1 N–H and O–H groups in total. The molecule has 0 spiro atoms. The van der Waals surface area contributed by atoms with Gasteiger partial charge in [-0.3, -0.25) is 4.79 Å². The second-order valence-corrected chi connectivity index (χ2v) is 2.50. The smallest absolute Gasteiger partial charge is 0.347 e. The molecule has 0 saturated carbocycles. The number of carbonyl (C=O) groups is 1. The van der Waals surface area contributed by atoms with Crippen molar-refractivity contribution in [2.75, 3.05) is 6.54 Å². The van der Waals surface area contributed by atoms with Gasteiger partial charge in [0.15, 0.2) is 0 Å². The minimum Gasteiger partial charge on any atom is -0.347 e. The van der Waals surface area contributed by atoms with Crippen molar-refractivity contribution in [1.29, 1.82) is 0 Å². The number of alkyl halides is 3. The van der Waals surface area contributed by atoms with Crippen molar-refractivity contribution in [1.82, 2.24) is 5.32 Å². The summed E-state index contributed by atoms with van der Waals surface area (Å²) in [6.07, 6.45) is -2.70. The molecule has 0 bridgehead atoms. The zero-order chi connectivity index (χ0) is 9.61. The van der Waals surface area contributed by atoms with Crippen LogP contribution in [-0.4, -0.2) is 18.6 Å². The highest BCUT2D eigenvalue weighted by Crippen LogP contribution is 2.12. The number of nitrogens with one attached hydrogen (secondary N) is 1. The van der Waals surface area contributed by atoms with Crippen molar-refractivity contribution < 1.29 is 18.0 Å². The van der Waals surface area contributed by atoms with Gasteiger partial charge in [-0.1, -0.05) is 13.3 Å². The first-order valence-corrected chi connectivity index (χ1v) is 3.79. The number of unbranched alkanes of at least 4 members (excludes halogenated alkanes) is 1. The quantitative estimate of drug-likeness (QED) is 0.708. The first-order chi connectivity index (χ1) is 5.45. The van der Waals surface area contributed by atoms with Gasteiger partial charge < -0.3 is 5.32 Å². The van der Waals surface area contributed by atoms with Crippen LogP contribution >= 0.6 is 0 Å². The molecule has 0 heterocycles. The first kappa shape index (κ1) is 11.3. The summed E-state index contributed by atoms with van der Waals surface area (Å²) in [6.45, 7) is 0.645. The van der Waals surface area contributed by atoms with Gasteiger partial charge in [-0.2, -0.15) is 13.2 Å². The summed E-state index contributed by atoms with van der Waals surface area (Å²) in [6, 6.07) is 0. The van der Waals surface area contributed by atoms with Gasteiger partial charge in [-0.25, -0.2) is 0 Å². The number of amides is 1. The van der Waals surface area contributed by atoms with Crippen molar-refractivity contribution >= 4 is 5.91 Å². The third-order valence-electron chi connectivity index (χ3n) is 1.24. The molecule has 2 nitrogen and oxygen atoms in total. The van der Waals surface area contributed by atoms with Gasteiger partial charge in [0.1, 0.15) is 6.54 Å². The predicted molar refractivity (Wildman–Crippen MR) is 38.6 cm³/mol. The molecule has 0 aromatic heterocycles. The van der Waals surface area contributed by atoms with Crippen LogP contribution in [0.5, 0.6) is 0 Å². The molecule has 0 atom stereocenters. The van der Waals surface area contributed by atoms with Gasteiger partial charge in [0, 0.05) is 6.42 Å². The lowest BCUT2D eigenvalue weighted by Gasteiger charge is -2.07. The molecule has 0 fully saturated rings. The maximum absolute atomic E-state index is 11.5. The van der Waals surface area contributed by atoms with Gasteiger partial charge in [0.2, 0.25) is 5.91 Å². The van der Waals surface area contributed by atoms with E-state index in [0.29, 0.717) is 6.42 Å². The third-order valence-corrected chi connectivity index (χ3v) is 1.24. The summed E-state index contributed by atoms with van der Waals surface area (Å²) in [5, 5.41) is 1.79. The fourth-order valence-corrected chi connectivity index (χ4v) is 0.625. The fraction of sp³-hybridized carbons (Fsp3) is 0.857. The van der Waals surface area contributed by atoms with Crippen molar-refractivity contribution in [2.45, 2.75) is 32.4 Å². The second-order valence-electron chi connectivity index (χ2n) is 2.50. The van der Waals surface area contributed by atoms with Crippen molar-refractivity contribution in [3.63, 3.8) is 0 Å². The highest BCUT2D eigenvalue weighted by atomic mass is 19.4. The van der Waals surface area contributed by atoms with Gasteiger partial charge >= 0.3 is 6.18 Å². The van der Waals surface area contributed by atoms with Gasteiger partial charge in [-0.05, 0) is 6.42 Å². The zero-order valence-electron chi connectivity index (χ0n) is 6.87. The van der Waals surface area contributed by atoms with Crippen LogP contribution in [0.3, 0.4) is 0 Å². The average Bonchev–Trinajstić information content (AvgIpc) is 1.95. The van der Waals surface area contributed by atoms with E-state index in [-0.39, 0.29) is 6.42 Å². The van der Waals surface area contributed by atoms with E-state index >= 15 is 0 Å². The molecule has 0 rings (SSSR count). The van der Waals surface area contributed by atoms with E-state index < -0.39 is 18.6 Å². The molecule has 0 unspecified atom stereocenters. The van der Waals surface area contributed by atoms with E-state index in [0.717, 1.165) is 6.42 Å². The standard InChI is InChI=1S/C7H12F3NO/c1-2-3-4-6(12)11-5-7(8,9)10/h2-5H2,1H3,(H,11,12). The van der Waals surface area contributed by atoms with Gasteiger partial charge in [0.25, 0.3) is 0 Å². The molecule has 0 aliphatic rings. The van der Waals surface area contributed by atoms with Crippen molar-refractivity contribution in [3.05, 3.63) is 0 Å². The number of halogens is 3. The Hall–Kier alpha value is -0.740. The Kier molecular flexibility index (Phi) is 4.70. The molecule has 0 radical (unpaired) electrons. The van der Waals surface area contributed by atoms with Crippen LogP contribution in [0.2, 0.25) is 0 Å². The summed E-state index contributed by atoms with van der Waals surface area (Å²) in [5.41, 5.74) is 0. The van der Waals surface area contributed by atoms with E-state index in [2.05, 4.69) is 0 Å². The van der Waals surface area contributed by atoms with E-state index in [1.165, 1.54) is 0 Å². The molecule has 0 aromatic carbocycles. The highest BCUT2D eigenvalue weighted by Gasteiger charge is 2.27. The molecular weight excluding hydrogens is 171 g/mol. The monoisotopic (exact) mass is 183 g/mol. The minimum atomic E-state index is -4.30. The summed E-state index contributed by atoms with van der Waals surface area (Å²) >= 11 is 0. The SMILES string of the molecule is CCCCC(=O)NCC(F)(F)F. The molecule has 0 aliphatic heterocycles. The van der Waals surface area contributed by atoms with Crippen molar-refractivity contribution in [2.24, 2.45) is 0 Å². The van der Waals surface area contributed by atoms with Gasteiger partial charge in [-0.15, -0.1) is 0 Å². The van der Waals surface area contributed by atoms with E-state index in [9.17, 15) is 18.0 Å². The van der Waals surface area contributed by atoms with E-state index in [1.807, 2.05) is 6.92 Å². The second kappa shape index (κ2) is 5.00. The summed E-state index contributed by atoms with van der Waals surface area (Å²) in [7, 11) is 0. The molecule has 0 aliphatic carbocycles. The largest absolute Gasteiger partial charge is 0.405 e. The van der Waals surface area contributed by atoms with Crippen LogP contribution in [0.15, 0.2) is 0 Å². The van der Waals surface area contributed by atoms with Crippen molar-refractivity contribution in [3.8, 4) is 0 Å². The Bertz CT molecular complexity index is 144. The maximum atomic E-state index is 11.5. The Morgan fingerprint density at radius 1 is 1.42 bits per heavy atom. The zero-order valence-corrected chi connectivity index (χ0v) is 6.87. The van der Waals surface area contributed by atoms with Crippen LogP contribution in [0.4, 0.5) is 13.2 Å². The number of hydrogen-bond donors (Lipinski definition) is 1. The van der Waals surface area contributed by atoms with E-state index in [1.54, 1.807) is 5.32 Å².